The van der Waals surface area contributed by atoms with E-state index in [-0.39, 0.29) is 0 Å². The van der Waals surface area contributed by atoms with E-state index < -0.39 is 11.0 Å². The van der Waals surface area contributed by atoms with E-state index in [0.717, 1.165) is 32.3 Å². The normalized spacial score (nSPS) is 17.4. The van der Waals surface area contributed by atoms with Gasteiger partial charge in [0.25, 0.3) is 0 Å². The summed E-state index contributed by atoms with van der Waals surface area (Å²) in [6.07, 6.45) is 3.66. The van der Waals surface area contributed by atoms with Gasteiger partial charge < -0.3 is 4.72 Å². The lowest BCUT2D eigenvalue weighted by molar-refractivity contribution is 0.679. The number of rotatable bonds is 0. The molecule has 0 fully saturated rings. The molecule has 0 bridgehead atoms. The topological polar surface area (TPSA) is 42.0 Å². The summed E-state index contributed by atoms with van der Waals surface area (Å²) < 4.78 is 15.0. The Bertz CT molecular complexity index is 871. The Morgan fingerprint density at radius 2 is 1.95 bits per heavy atom. The SMILES string of the molecule is O=S1NC=Cc2ccc3nc4ccccc4cc3c21. The minimum absolute atomic E-state index is 0.818. The number of aromatic nitrogens is 1. The monoisotopic (exact) mass is 266 g/mol. The van der Waals surface area contributed by atoms with Crippen molar-refractivity contribution in [3.05, 3.63) is 54.2 Å². The first kappa shape index (κ1) is 10.7. The van der Waals surface area contributed by atoms with Crippen LogP contribution in [0, 0.1) is 0 Å². The highest BCUT2D eigenvalue weighted by molar-refractivity contribution is 7.83. The Kier molecular flexibility index (Phi) is 2.19. The second kappa shape index (κ2) is 3.90. The van der Waals surface area contributed by atoms with Crippen molar-refractivity contribution >= 4 is 38.9 Å². The van der Waals surface area contributed by atoms with Gasteiger partial charge in [-0.05, 0) is 29.8 Å². The zero-order chi connectivity index (χ0) is 12.8. The molecule has 19 heavy (non-hydrogen) atoms. The van der Waals surface area contributed by atoms with E-state index in [4.69, 9.17) is 0 Å². The molecule has 2 heterocycles. The van der Waals surface area contributed by atoms with Gasteiger partial charge in [0.05, 0.1) is 15.9 Å². The Hall–Kier alpha value is -2.20. The molecular weight excluding hydrogens is 256 g/mol. The van der Waals surface area contributed by atoms with E-state index in [2.05, 4.69) is 15.8 Å². The van der Waals surface area contributed by atoms with Crippen LogP contribution in [0.15, 0.2) is 53.6 Å². The van der Waals surface area contributed by atoms with Gasteiger partial charge in [-0.2, -0.15) is 0 Å². The molecule has 0 amide bonds. The fourth-order valence-corrected chi connectivity index (χ4v) is 3.45. The van der Waals surface area contributed by atoms with Crippen molar-refractivity contribution in [2.75, 3.05) is 0 Å². The summed E-state index contributed by atoms with van der Waals surface area (Å²) in [5.74, 6) is 0. The average Bonchev–Trinajstić information content (AvgIpc) is 2.45. The number of hydrogen-bond donors (Lipinski definition) is 1. The standard InChI is InChI=1S/C15H10N2OS/c18-19-15-10(7-8-16-19)5-6-14-12(15)9-11-3-1-2-4-13(11)17-14/h1-9,16H. The van der Waals surface area contributed by atoms with Gasteiger partial charge in [-0.1, -0.05) is 24.3 Å². The summed E-state index contributed by atoms with van der Waals surface area (Å²) in [4.78, 5) is 5.45. The molecular formula is C15H10N2OS. The summed E-state index contributed by atoms with van der Waals surface area (Å²) in [7, 11) is -1.21. The Labute approximate surface area is 112 Å². The Morgan fingerprint density at radius 3 is 2.89 bits per heavy atom. The van der Waals surface area contributed by atoms with Crippen LogP contribution in [0.2, 0.25) is 0 Å². The molecule has 2 aromatic carbocycles. The molecule has 1 aliphatic rings. The molecule has 1 unspecified atom stereocenters. The van der Waals surface area contributed by atoms with Crippen LogP contribution < -0.4 is 4.72 Å². The van der Waals surface area contributed by atoms with Crippen LogP contribution in [0.25, 0.3) is 27.9 Å². The zero-order valence-corrected chi connectivity index (χ0v) is 10.8. The molecule has 4 heteroatoms. The third-order valence-electron chi connectivity index (χ3n) is 3.30. The number of pyridine rings is 1. The van der Waals surface area contributed by atoms with Crippen LogP contribution in [0.1, 0.15) is 5.56 Å². The molecule has 3 aromatic rings. The van der Waals surface area contributed by atoms with Crippen LogP contribution in [-0.4, -0.2) is 9.19 Å². The predicted molar refractivity (Wildman–Crippen MR) is 77.8 cm³/mol. The molecule has 0 aliphatic carbocycles. The molecule has 92 valence electrons. The maximum absolute atomic E-state index is 12.2. The van der Waals surface area contributed by atoms with E-state index in [0.29, 0.717) is 0 Å². The van der Waals surface area contributed by atoms with Gasteiger partial charge >= 0.3 is 0 Å². The van der Waals surface area contributed by atoms with Crippen molar-refractivity contribution in [3.63, 3.8) is 0 Å². The largest absolute Gasteiger partial charge is 0.308 e. The summed E-state index contributed by atoms with van der Waals surface area (Å²) in [5.41, 5.74) is 2.82. The first-order chi connectivity index (χ1) is 9.33. The van der Waals surface area contributed by atoms with Gasteiger partial charge in [-0.25, -0.2) is 9.19 Å². The van der Waals surface area contributed by atoms with Crippen molar-refractivity contribution in [1.82, 2.24) is 9.71 Å². The van der Waals surface area contributed by atoms with Crippen molar-refractivity contribution in [2.45, 2.75) is 4.90 Å². The van der Waals surface area contributed by atoms with Crippen molar-refractivity contribution in [3.8, 4) is 0 Å². The maximum atomic E-state index is 12.2. The van der Waals surface area contributed by atoms with Gasteiger partial charge in [-0.15, -0.1) is 0 Å². The third-order valence-corrected chi connectivity index (χ3v) is 4.48. The highest BCUT2D eigenvalue weighted by Gasteiger charge is 2.16. The smallest absolute Gasteiger partial charge is 0.151 e. The quantitative estimate of drug-likeness (QED) is 0.636. The number of nitrogens with zero attached hydrogens (tertiary/aromatic N) is 1. The van der Waals surface area contributed by atoms with Crippen molar-refractivity contribution in [2.24, 2.45) is 0 Å². The van der Waals surface area contributed by atoms with Crippen LogP contribution in [0.3, 0.4) is 0 Å². The number of para-hydroxylation sites is 1. The molecule has 0 saturated heterocycles. The fraction of sp³-hybridized carbons (Fsp3) is 0. The summed E-state index contributed by atoms with van der Waals surface area (Å²) in [6, 6.07) is 14.0. The average molecular weight is 266 g/mol. The highest BCUT2D eigenvalue weighted by atomic mass is 32.2. The predicted octanol–water partition coefficient (Wildman–Crippen LogP) is 2.98. The van der Waals surface area contributed by atoms with Gasteiger partial charge in [0.1, 0.15) is 0 Å². The van der Waals surface area contributed by atoms with Crippen LogP contribution in [0.4, 0.5) is 0 Å². The molecule has 0 saturated carbocycles. The lowest BCUT2D eigenvalue weighted by Crippen LogP contribution is -2.15. The lowest BCUT2D eigenvalue weighted by atomic mass is 10.1. The first-order valence-electron chi connectivity index (χ1n) is 6.00. The molecule has 1 aromatic heterocycles. The molecule has 1 atom stereocenters. The van der Waals surface area contributed by atoms with E-state index in [1.165, 1.54) is 0 Å². The molecule has 4 rings (SSSR count). The lowest BCUT2D eigenvalue weighted by Gasteiger charge is -2.14. The number of hydrogen-bond acceptors (Lipinski definition) is 2. The van der Waals surface area contributed by atoms with Crippen LogP contribution in [0.5, 0.6) is 0 Å². The van der Waals surface area contributed by atoms with E-state index >= 15 is 0 Å². The van der Waals surface area contributed by atoms with Crippen LogP contribution in [-0.2, 0) is 11.0 Å². The molecule has 1 aliphatic heterocycles. The van der Waals surface area contributed by atoms with E-state index in [1.807, 2.05) is 42.5 Å². The van der Waals surface area contributed by atoms with E-state index in [1.54, 1.807) is 6.20 Å². The maximum Gasteiger partial charge on any atom is 0.151 e. The summed E-state index contributed by atoms with van der Waals surface area (Å²) >= 11 is 0. The Balaban J connectivity index is 2.19. The number of nitrogens with one attached hydrogen (secondary N) is 1. The van der Waals surface area contributed by atoms with Gasteiger partial charge in [-0.3, -0.25) is 0 Å². The Morgan fingerprint density at radius 1 is 1.05 bits per heavy atom. The summed E-state index contributed by atoms with van der Waals surface area (Å²) in [6.45, 7) is 0. The number of fused-ring (bicyclic) bond motifs is 4. The second-order valence-corrected chi connectivity index (χ2v) is 5.63. The molecule has 0 radical (unpaired) electrons. The van der Waals surface area contributed by atoms with Crippen molar-refractivity contribution < 1.29 is 4.21 Å². The van der Waals surface area contributed by atoms with Gasteiger partial charge in [0, 0.05) is 17.0 Å². The minimum atomic E-state index is -1.21. The van der Waals surface area contributed by atoms with Gasteiger partial charge in [0.2, 0.25) is 0 Å². The first-order valence-corrected chi connectivity index (χ1v) is 7.15. The van der Waals surface area contributed by atoms with E-state index in [9.17, 15) is 4.21 Å². The minimum Gasteiger partial charge on any atom is -0.308 e. The van der Waals surface area contributed by atoms with Crippen molar-refractivity contribution in [1.29, 1.82) is 0 Å². The number of benzene rings is 2. The molecule has 0 spiro atoms. The fourth-order valence-electron chi connectivity index (χ4n) is 2.42. The third kappa shape index (κ3) is 1.57. The molecule has 1 N–H and O–H groups in total. The second-order valence-electron chi connectivity index (χ2n) is 4.45. The zero-order valence-electron chi connectivity index (χ0n) is 9.96. The van der Waals surface area contributed by atoms with Gasteiger partial charge in [0.15, 0.2) is 11.0 Å². The molecule has 3 nitrogen and oxygen atoms in total. The van der Waals surface area contributed by atoms with Crippen LogP contribution >= 0.6 is 0 Å². The highest BCUT2D eigenvalue weighted by Crippen LogP contribution is 2.29. The summed E-state index contributed by atoms with van der Waals surface area (Å²) in [5, 5.41) is 2.02.